The van der Waals surface area contributed by atoms with Crippen molar-refractivity contribution < 1.29 is 8.42 Å². The highest BCUT2D eigenvalue weighted by Gasteiger charge is 2.32. The quantitative estimate of drug-likeness (QED) is 0.658. The molecule has 4 heteroatoms. The molecule has 1 N–H and O–H groups in total. The largest absolute Gasteiger partial charge is 0.317 e. The smallest absolute Gasteiger partial charge is 0.150 e. The molecule has 0 amide bonds. The van der Waals surface area contributed by atoms with Gasteiger partial charge in [0.05, 0.1) is 11.5 Å². The molecule has 3 nitrogen and oxygen atoms in total. The molecule has 18 heavy (non-hydrogen) atoms. The van der Waals surface area contributed by atoms with Crippen molar-refractivity contribution in [2.24, 2.45) is 5.92 Å². The van der Waals surface area contributed by atoms with E-state index in [1.54, 1.807) is 0 Å². The molecule has 0 aliphatic carbocycles. The molecule has 1 aliphatic heterocycles. The first kappa shape index (κ1) is 16.0. The Bertz CT molecular complexity index is 314. The number of nitrogens with one attached hydrogen (secondary N) is 1. The highest BCUT2D eigenvalue weighted by molar-refractivity contribution is 7.91. The summed E-state index contributed by atoms with van der Waals surface area (Å²) in [5.74, 6) is 1.14. The van der Waals surface area contributed by atoms with Crippen LogP contribution in [0.25, 0.3) is 0 Å². The van der Waals surface area contributed by atoms with Crippen LogP contribution in [0.5, 0.6) is 0 Å². The summed E-state index contributed by atoms with van der Waals surface area (Å²) in [6, 6.07) is 0.397. The summed E-state index contributed by atoms with van der Waals surface area (Å²) in [6.07, 6.45) is 9.80. The predicted molar refractivity (Wildman–Crippen MR) is 77.6 cm³/mol. The van der Waals surface area contributed by atoms with Gasteiger partial charge in [0.25, 0.3) is 0 Å². The van der Waals surface area contributed by atoms with Crippen LogP contribution in [-0.4, -0.2) is 33.0 Å². The molecule has 0 aromatic carbocycles. The third-order valence-corrected chi connectivity index (χ3v) is 5.87. The van der Waals surface area contributed by atoms with Crippen LogP contribution in [0.3, 0.4) is 0 Å². The summed E-state index contributed by atoms with van der Waals surface area (Å²) in [7, 11) is -0.768. The lowest BCUT2D eigenvalue weighted by atomic mass is 9.94. The van der Waals surface area contributed by atoms with E-state index < -0.39 is 9.84 Å². The van der Waals surface area contributed by atoms with Crippen molar-refractivity contribution in [2.75, 3.05) is 18.6 Å². The Morgan fingerprint density at radius 3 is 2.39 bits per heavy atom. The maximum atomic E-state index is 11.5. The summed E-state index contributed by atoms with van der Waals surface area (Å²) in [5, 5.41) is 3.32. The molecule has 0 aromatic heterocycles. The average Bonchev–Trinajstić information content (AvgIpc) is 2.69. The minimum atomic E-state index is -2.73. The highest BCUT2D eigenvalue weighted by atomic mass is 32.2. The Labute approximate surface area is 113 Å². The van der Waals surface area contributed by atoms with E-state index in [4.69, 9.17) is 0 Å². The van der Waals surface area contributed by atoms with Gasteiger partial charge in [-0.25, -0.2) is 8.42 Å². The summed E-state index contributed by atoms with van der Waals surface area (Å²) in [6.45, 7) is 2.23. The molecule has 0 saturated carbocycles. The predicted octanol–water partition coefficient (Wildman–Crippen LogP) is 2.76. The van der Waals surface area contributed by atoms with Gasteiger partial charge in [0.15, 0.2) is 9.84 Å². The molecule has 0 radical (unpaired) electrons. The molecule has 2 atom stereocenters. The van der Waals surface area contributed by atoms with Crippen molar-refractivity contribution in [3.8, 4) is 0 Å². The van der Waals surface area contributed by atoms with Crippen LogP contribution in [0.15, 0.2) is 0 Å². The monoisotopic (exact) mass is 275 g/mol. The maximum Gasteiger partial charge on any atom is 0.150 e. The third-order valence-electron chi connectivity index (χ3n) is 4.08. The molecule has 1 aliphatic rings. The Morgan fingerprint density at radius 2 is 1.83 bits per heavy atom. The molecule has 1 fully saturated rings. The first-order chi connectivity index (χ1) is 8.59. The Hall–Kier alpha value is -0.0900. The van der Waals surface area contributed by atoms with Gasteiger partial charge in [-0.3, -0.25) is 0 Å². The molecular formula is C14H29NO2S. The molecular weight excluding hydrogens is 246 g/mol. The first-order valence-corrected chi connectivity index (χ1v) is 9.29. The van der Waals surface area contributed by atoms with E-state index in [1.165, 1.54) is 38.5 Å². The molecule has 0 aromatic rings. The molecule has 1 rings (SSSR count). The zero-order valence-electron chi connectivity index (χ0n) is 12.0. The van der Waals surface area contributed by atoms with Crippen LogP contribution >= 0.6 is 0 Å². The Balaban J connectivity index is 2.18. The lowest BCUT2D eigenvalue weighted by Gasteiger charge is -2.21. The molecule has 108 valence electrons. The average molecular weight is 275 g/mol. The minimum absolute atomic E-state index is 0.343. The summed E-state index contributed by atoms with van der Waals surface area (Å²) in [5.41, 5.74) is 0. The Kier molecular flexibility index (Phi) is 7.23. The summed E-state index contributed by atoms with van der Waals surface area (Å²) in [4.78, 5) is 0. The lowest BCUT2D eigenvalue weighted by Crippen LogP contribution is -2.34. The van der Waals surface area contributed by atoms with Crippen LogP contribution in [0, 0.1) is 5.92 Å². The minimum Gasteiger partial charge on any atom is -0.317 e. The molecule has 1 heterocycles. The van der Waals surface area contributed by atoms with Crippen LogP contribution in [0.4, 0.5) is 0 Å². The van der Waals surface area contributed by atoms with Gasteiger partial charge in [0.1, 0.15) is 0 Å². The van der Waals surface area contributed by atoms with Gasteiger partial charge in [-0.2, -0.15) is 0 Å². The van der Waals surface area contributed by atoms with Crippen molar-refractivity contribution in [2.45, 2.75) is 64.3 Å². The fourth-order valence-electron chi connectivity index (χ4n) is 2.90. The fraction of sp³-hybridized carbons (Fsp3) is 1.00. The van der Waals surface area contributed by atoms with E-state index in [2.05, 4.69) is 12.2 Å². The molecule has 2 unspecified atom stereocenters. The number of hydrogen-bond donors (Lipinski definition) is 1. The van der Waals surface area contributed by atoms with Gasteiger partial charge < -0.3 is 5.32 Å². The van der Waals surface area contributed by atoms with Crippen molar-refractivity contribution in [3.63, 3.8) is 0 Å². The van der Waals surface area contributed by atoms with Crippen molar-refractivity contribution in [3.05, 3.63) is 0 Å². The normalized spacial score (nSPS) is 24.2. The van der Waals surface area contributed by atoms with Gasteiger partial charge >= 0.3 is 0 Å². The van der Waals surface area contributed by atoms with Crippen molar-refractivity contribution >= 4 is 9.84 Å². The third kappa shape index (κ3) is 5.70. The van der Waals surface area contributed by atoms with E-state index in [9.17, 15) is 8.42 Å². The first-order valence-electron chi connectivity index (χ1n) is 7.46. The summed E-state index contributed by atoms with van der Waals surface area (Å²) >= 11 is 0. The van der Waals surface area contributed by atoms with E-state index in [0.717, 1.165) is 12.8 Å². The van der Waals surface area contributed by atoms with Crippen molar-refractivity contribution in [1.82, 2.24) is 5.32 Å². The van der Waals surface area contributed by atoms with Gasteiger partial charge in [0, 0.05) is 6.04 Å². The van der Waals surface area contributed by atoms with Gasteiger partial charge in [0.2, 0.25) is 0 Å². The lowest BCUT2D eigenvalue weighted by molar-refractivity contribution is 0.369. The second-order valence-corrected chi connectivity index (χ2v) is 7.84. The van der Waals surface area contributed by atoms with Crippen LogP contribution in [0.1, 0.15) is 58.3 Å². The van der Waals surface area contributed by atoms with Gasteiger partial charge in [-0.05, 0) is 25.8 Å². The molecule has 1 saturated heterocycles. The SMILES string of the molecule is CCCCCCCCC(NC)C1CCS(=O)(=O)C1. The molecule has 0 bridgehead atoms. The second kappa shape index (κ2) is 8.16. The van der Waals surface area contributed by atoms with E-state index in [-0.39, 0.29) is 0 Å². The van der Waals surface area contributed by atoms with Crippen molar-refractivity contribution in [1.29, 1.82) is 0 Å². The topological polar surface area (TPSA) is 46.2 Å². The number of unbranched alkanes of at least 4 members (excludes halogenated alkanes) is 5. The fourth-order valence-corrected chi connectivity index (χ4v) is 4.78. The van der Waals surface area contributed by atoms with E-state index >= 15 is 0 Å². The number of hydrogen-bond acceptors (Lipinski definition) is 3. The van der Waals surface area contributed by atoms with Gasteiger partial charge in [-0.15, -0.1) is 0 Å². The second-order valence-electron chi connectivity index (χ2n) is 5.61. The zero-order valence-corrected chi connectivity index (χ0v) is 12.8. The van der Waals surface area contributed by atoms with Gasteiger partial charge in [-0.1, -0.05) is 45.4 Å². The van der Waals surface area contributed by atoms with E-state index in [1.807, 2.05) is 7.05 Å². The van der Waals surface area contributed by atoms with Crippen LogP contribution < -0.4 is 5.32 Å². The summed E-state index contributed by atoms with van der Waals surface area (Å²) < 4.78 is 23.0. The number of sulfone groups is 1. The standard InChI is InChI=1S/C14H29NO2S/c1-3-4-5-6-7-8-9-14(15-2)13-10-11-18(16,17)12-13/h13-15H,3-12H2,1-2H3. The Morgan fingerprint density at radius 1 is 1.17 bits per heavy atom. The van der Waals surface area contributed by atoms with Crippen LogP contribution in [-0.2, 0) is 9.84 Å². The molecule has 0 spiro atoms. The highest BCUT2D eigenvalue weighted by Crippen LogP contribution is 2.24. The number of rotatable bonds is 9. The van der Waals surface area contributed by atoms with E-state index in [0.29, 0.717) is 23.5 Å². The zero-order chi connectivity index (χ0) is 13.4. The maximum absolute atomic E-state index is 11.5. The van der Waals surface area contributed by atoms with Crippen LogP contribution in [0.2, 0.25) is 0 Å².